The molecule has 0 radical (unpaired) electrons. The molecule has 5 nitrogen and oxygen atoms in total. The average Bonchev–Trinajstić information content (AvgIpc) is 2.67. The Bertz CT molecular complexity index is 834. The molecule has 0 amide bonds. The molecular formula is C21H28N2O3S. The molecule has 1 fully saturated rings. The Kier molecular flexibility index (Phi) is 6.52. The predicted octanol–water partition coefficient (Wildman–Crippen LogP) is 3.04. The number of nitrogens with zero attached hydrogens (tertiary/aromatic N) is 2. The van der Waals surface area contributed by atoms with E-state index in [-0.39, 0.29) is 11.4 Å². The van der Waals surface area contributed by atoms with Crippen LogP contribution in [-0.2, 0) is 10.0 Å². The molecule has 0 spiro atoms. The largest absolute Gasteiger partial charge is 0.390 e. The Labute approximate surface area is 162 Å². The van der Waals surface area contributed by atoms with Gasteiger partial charge in [-0.3, -0.25) is 4.31 Å². The number of aliphatic hydroxyl groups is 1. The summed E-state index contributed by atoms with van der Waals surface area (Å²) in [5.74, 6) is 0. The monoisotopic (exact) mass is 388 g/mol. The van der Waals surface area contributed by atoms with Gasteiger partial charge in [0.1, 0.15) is 0 Å². The summed E-state index contributed by atoms with van der Waals surface area (Å²) in [6.45, 7) is 4.25. The van der Waals surface area contributed by atoms with Gasteiger partial charge in [-0.25, -0.2) is 8.42 Å². The van der Waals surface area contributed by atoms with Crippen LogP contribution in [0.3, 0.4) is 0 Å². The van der Waals surface area contributed by atoms with Gasteiger partial charge in [-0.1, -0.05) is 42.8 Å². The molecule has 0 saturated carbocycles. The van der Waals surface area contributed by atoms with Crippen LogP contribution >= 0.6 is 0 Å². The number of anilines is 1. The number of benzene rings is 2. The summed E-state index contributed by atoms with van der Waals surface area (Å²) in [6.07, 6.45) is 2.75. The van der Waals surface area contributed by atoms with Gasteiger partial charge >= 0.3 is 0 Å². The molecule has 1 aliphatic heterocycles. The van der Waals surface area contributed by atoms with Gasteiger partial charge in [0.2, 0.25) is 0 Å². The molecule has 1 aliphatic rings. The van der Waals surface area contributed by atoms with Crippen molar-refractivity contribution in [2.75, 3.05) is 30.5 Å². The Morgan fingerprint density at radius 3 is 2.30 bits per heavy atom. The number of aryl methyl sites for hydroxylation is 1. The van der Waals surface area contributed by atoms with Gasteiger partial charge in [0, 0.05) is 6.54 Å². The first-order chi connectivity index (χ1) is 13.0. The number of piperidine rings is 1. The lowest BCUT2D eigenvalue weighted by Crippen LogP contribution is -2.44. The first-order valence-electron chi connectivity index (χ1n) is 9.52. The molecule has 2 aromatic carbocycles. The first kappa shape index (κ1) is 19.9. The zero-order valence-electron chi connectivity index (χ0n) is 15.8. The Balaban J connectivity index is 1.86. The minimum atomic E-state index is -3.77. The zero-order valence-corrected chi connectivity index (χ0v) is 16.6. The number of sulfonamides is 1. The third kappa shape index (κ3) is 4.89. The van der Waals surface area contributed by atoms with Crippen molar-refractivity contribution in [1.29, 1.82) is 0 Å². The van der Waals surface area contributed by atoms with Crippen molar-refractivity contribution in [2.45, 2.75) is 37.2 Å². The van der Waals surface area contributed by atoms with E-state index in [2.05, 4.69) is 4.90 Å². The van der Waals surface area contributed by atoms with Crippen LogP contribution in [0, 0.1) is 6.92 Å². The quantitative estimate of drug-likeness (QED) is 0.792. The van der Waals surface area contributed by atoms with Crippen LogP contribution in [0.2, 0.25) is 0 Å². The van der Waals surface area contributed by atoms with E-state index in [0.29, 0.717) is 17.8 Å². The van der Waals surface area contributed by atoms with E-state index in [1.807, 2.05) is 24.3 Å². The van der Waals surface area contributed by atoms with Crippen LogP contribution in [0.1, 0.15) is 24.8 Å². The number of rotatable bonds is 7. The summed E-state index contributed by atoms with van der Waals surface area (Å²) in [5.41, 5.74) is 1.27. The Morgan fingerprint density at radius 1 is 1.00 bits per heavy atom. The van der Waals surface area contributed by atoms with Crippen LogP contribution in [0.5, 0.6) is 0 Å². The molecule has 1 heterocycles. The van der Waals surface area contributed by atoms with E-state index in [0.717, 1.165) is 25.9 Å². The number of hydrogen-bond donors (Lipinski definition) is 1. The molecular weight excluding hydrogens is 360 g/mol. The highest BCUT2D eigenvalue weighted by Gasteiger charge is 2.29. The van der Waals surface area contributed by atoms with E-state index in [9.17, 15) is 13.5 Å². The first-order valence-corrected chi connectivity index (χ1v) is 11.0. The summed E-state index contributed by atoms with van der Waals surface area (Å²) in [7, 11) is -3.77. The van der Waals surface area contributed by atoms with Gasteiger partial charge in [-0.05, 0) is 56.6 Å². The molecule has 0 aliphatic carbocycles. The number of hydrogen-bond acceptors (Lipinski definition) is 4. The minimum absolute atomic E-state index is 0.0389. The molecule has 146 valence electrons. The third-order valence-corrected chi connectivity index (χ3v) is 6.95. The van der Waals surface area contributed by atoms with Crippen LogP contribution < -0.4 is 4.31 Å². The van der Waals surface area contributed by atoms with Crippen molar-refractivity contribution in [3.8, 4) is 0 Å². The summed E-state index contributed by atoms with van der Waals surface area (Å²) in [5, 5.41) is 10.7. The van der Waals surface area contributed by atoms with Crippen molar-refractivity contribution in [3.63, 3.8) is 0 Å². The van der Waals surface area contributed by atoms with E-state index >= 15 is 0 Å². The van der Waals surface area contributed by atoms with Crippen molar-refractivity contribution < 1.29 is 13.5 Å². The topological polar surface area (TPSA) is 60.9 Å². The highest BCUT2D eigenvalue weighted by molar-refractivity contribution is 7.92. The highest BCUT2D eigenvalue weighted by atomic mass is 32.2. The van der Waals surface area contributed by atoms with Gasteiger partial charge in [-0.15, -0.1) is 0 Å². The van der Waals surface area contributed by atoms with Crippen molar-refractivity contribution in [1.82, 2.24) is 4.90 Å². The molecule has 0 aromatic heterocycles. The van der Waals surface area contributed by atoms with E-state index in [1.54, 1.807) is 37.3 Å². The fourth-order valence-electron chi connectivity index (χ4n) is 3.59. The van der Waals surface area contributed by atoms with E-state index in [1.165, 1.54) is 10.7 Å². The average molecular weight is 389 g/mol. The summed E-state index contributed by atoms with van der Waals surface area (Å²) >= 11 is 0. The lowest BCUT2D eigenvalue weighted by molar-refractivity contribution is 0.107. The maximum Gasteiger partial charge on any atom is 0.264 e. The molecule has 0 bridgehead atoms. The zero-order chi connectivity index (χ0) is 19.3. The van der Waals surface area contributed by atoms with Crippen molar-refractivity contribution >= 4 is 15.7 Å². The minimum Gasteiger partial charge on any atom is -0.390 e. The van der Waals surface area contributed by atoms with Gasteiger partial charge in [0.25, 0.3) is 10.0 Å². The molecule has 1 saturated heterocycles. The summed E-state index contributed by atoms with van der Waals surface area (Å²) in [4.78, 5) is 2.50. The van der Waals surface area contributed by atoms with Crippen molar-refractivity contribution in [2.24, 2.45) is 0 Å². The van der Waals surface area contributed by atoms with E-state index in [4.69, 9.17) is 0 Å². The third-order valence-electron chi connectivity index (χ3n) is 5.00. The predicted molar refractivity (Wildman–Crippen MR) is 108 cm³/mol. The second-order valence-electron chi connectivity index (χ2n) is 7.15. The fourth-order valence-corrected chi connectivity index (χ4v) is 5.32. The molecule has 27 heavy (non-hydrogen) atoms. The van der Waals surface area contributed by atoms with E-state index < -0.39 is 16.1 Å². The van der Waals surface area contributed by atoms with Crippen LogP contribution in [0.4, 0.5) is 5.69 Å². The van der Waals surface area contributed by atoms with Gasteiger partial charge in [0.05, 0.1) is 23.2 Å². The summed E-state index contributed by atoms with van der Waals surface area (Å²) in [6, 6.07) is 16.0. The van der Waals surface area contributed by atoms with Gasteiger partial charge in [0.15, 0.2) is 0 Å². The number of likely N-dealkylation sites (tertiary alicyclic amines) is 1. The maximum atomic E-state index is 13.4. The molecule has 6 heteroatoms. The standard InChI is InChI=1S/C21H28N2O3S/c1-18-10-6-7-13-21(18)27(25,26)23(19-11-4-2-5-12-19)17-20(24)16-22-14-8-3-9-15-22/h2,4-7,10-13,20,24H,3,8-9,14-17H2,1H3/t20-/m1/s1. The highest BCUT2D eigenvalue weighted by Crippen LogP contribution is 2.26. The Morgan fingerprint density at radius 2 is 1.63 bits per heavy atom. The van der Waals surface area contributed by atoms with Crippen LogP contribution in [0.25, 0.3) is 0 Å². The number of para-hydroxylation sites is 1. The van der Waals surface area contributed by atoms with Crippen molar-refractivity contribution in [3.05, 3.63) is 60.2 Å². The molecule has 1 N–H and O–H groups in total. The van der Waals surface area contributed by atoms with Gasteiger partial charge in [-0.2, -0.15) is 0 Å². The van der Waals surface area contributed by atoms with Crippen LogP contribution in [-0.4, -0.2) is 50.7 Å². The Hall–Kier alpha value is -1.89. The molecule has 0 unspecified atom stereocenters. The lowest BCUT2D eigenvalue weighted by atomic mass is 10.1. The second-order valence-corrected chi connectivity index (χ2v) is 8.98. The number of aliphatic hydroxyl groups excluding tert-OH is 1. The lowest BCUT2D eigenvalue weighted by Gasteiger charge is -2.32. The smallest absolute Gasteiger partial charge is 0.264 e. The molecule has 3 rings (SSSR count). The molecule has 2 aromatic rings. The fraction of sp³-hybridized carbons (Fsp3) is 0.429. The summed E-state index contributed by atoms with van der Waals surface area (Å²) < 4.78 is 28.1. The SMILES string of the molecule is Cc1ccccc1S(=O)(=O)N(C[C@H](O)CN1CCCCC1)c1ccccc1. The maximum absolute atomic E-state index is 13.4. The molecule has 1 atom stereocenters. The van der Waals surface area contributed by atoms with Gasteiger partial charge < -0.3 is 10.0 Å². The second kappa shape index (κ2) is 8.87. The van der Waals surface area contributed by atoms with Crippen LogP contribution in [0.15, 0.2) is 59.5 Å². The normalized spacial score (nSPS) is 16.8. The number of β-amino-alcohol motifs (C(OH)–C–C–N with tert-alkyl or cyclic N) is 1.